The van der Waals surface area contributed by atoms with Gasteiger partial charge in [-0.3, -0.25) is 14.5 Å². The largest absolute Gasteiger partial charge is 0.493 e. The number of hydrogen-bond donors (Lipinski definition) is 1. The van der Waals surface area contributed by atoms with E-state index < -0.39 is 0 Å². The lowest BCUT2D eigenvalue weighted by atomic mass is 10.1. The molecule has 4 rings (SSSR count). The highest BCUT2D eigenvalue weighted by Crippen LogP contribution is 2.32. The van der Waals surface area contributed by atoms with Crippen LogP contribution in [0.15, 0.2) is 53.5 Å². The molecule has 30 heavy (non-hydrogen) atoms. The summed E-state index contributed by atoms with van der Waals surface area (Å²) in [6, 6.07) is 13.6. The van der Waals surface area contributed by atoms with Gasteiger partial charge in [0.25, 0.3) is 5.56 Å². The van der Waals surface area contributed by atoms with Gasteiger partial charge < -0.3 is 9.47 Å². The summed E-state index contributed by atoms with van der Waals surface area (Å²) in [7, 11) is 3.06. The molecule has 0 aliphatic rings. The van der Waals surface area contributed by atoms with Crippen molar-refractivity contribution in [1.82, 2.24) is 24.5 Å². The van der Waals surface area contributed by atoms with Crippen molar-refractivity contribution >= 4 is 23.0 Å². The Morgan fingerprint density at radius 2 is 1.90 bits per heavy atom. The Balaban J connectivity index is 1.64. The Bertz CT molecular complexity index is 1290. The van der Waals surface area contributed by atoms with E-state index in [1.807, 2.05) is 34.9 Å². The fraction of sp³-hybridized carbons (Fsp3) is 0.238. The van der Waals surface area contributed by atoms with Gasteiger partial charge in [-0.2, -0.15) is 10.2 Å². The van der Waals surface area contributed by atoms with Crippen LogP contribution in [0.3, 0.4) is 0 Å². The molecule has 8 nitrogen and oxygen atoms in total. The summed E-state index contributed by atoms with van der Waals surface area (Å²) in [6.07, 6.45) is 2.14. The van der Waals surface area contributed by atoms with Gasteiger partial charge in [-0.1, -0.05) is 30.3 Å². The Hall–Kier alpha value is -3.46. The summed E-state index contributed by atoms with van der Waals surface area (Å²) in [6.45, 7) is 0.958. The lowest BCUT2D eigenvalue weighted by molar-refractivity contribution is 0.358. The number of hydrogen-bond acceptors (Lipinski definition) is 6. The van der Waals surface area contributed by atoms with E-state index in [2.05, 4.69) is 15.3 Å². The first-order chi connectivity index (χ1) is 14.6. The Morgan fingerprint density at radius 3 is 2.63 bits per heavy atom. The molecule has 0 radical (unpaired) electrons. The average Bonchev–Trinajstić information content (AvgIpc) is 3.12. The zero-order valence-corrected chi connectivity index (χ0v) is 17.5. The van der Waals surface area contributed by atoms with E-state index in [0.29, 0.717) is 46.6 Å². The number of ether oxygens (including phenoxy) is 2. The monoisotopic (exact) mass is 423 g/mol. The molecule has 2 aromatic heterocycles. The Morgan fingerprint density at radius 1 is 1.10 bits per heavy atom. The van der Waals surface area contributed by atoms with Crippen LogP contribution in [0.1, 0.15) is 11.4 Å². The third-order valence-corrected chi connectivity index (χ3v) is 5.24. The van der Waals surface area contributed by atoms with Gasteiger partial charge in [0, 0.05) is 11.8 Å². The Labute approximate surface area is 177 Å². The van der Waals surface area contributed by atoms with Crippen LogP contribution in [0.25, 0.3) is 10.8 Å². The van der Waals surface area contributed by atoms with Gasteiger partial charge >= 0.3 is 0 Å². The van der Waals surface area contributed by atoms with Gasteiger partial charge in [-0.15, -0.1) is 0 Å². The summed E-state index contributed by atoms with van der Waals surface area (Å²) >= 11 is 5.38. The molecule has 0 fully saturated rings. The van der Waals surface area contributed by atoms with Crippen LogP contribution in [0.4, 0.5) is 0 Å². The van der Waals surface area contributed by atoms with Crippen molar-refractivity contribution < 1.29 is 9.47 Å². The minimum absolute atomic E-state index is 0.244. The summed E-state index contributed by atoms with van der Waals surface area (Å²) in [5.74, 6) is 1.67. The second-order valence-electron chi connectivity index (χ2n) is 6.70. The topological polar surface area (TPSA) is 87.0 Å². The fourth-order valence-corrected chi connectivity index (χ4v) is 3.63. The normalized spacial score (nSPS) is 11.0. The van der Waals surface area contributed by atoms with Crippen molar-refractivity contribution in [2.75, 3.05) is 14.2 Å². The van der Waals surface area contributed by atoms with Crippen molar-refractivity contribution in [3.63, 3.8) is 0 Å². The predicted molar refractivity (Wildman–Crippen MR) is 116 cm³/mol. The highest BCUT2D eigenvalue weighted by molar-refractivity contribution is 7.71. The van der Waals surface area contributed by atoms with Gasteiger partial charge in [-0.25, -0.2) is 4.68 Å². The standard InChI is InChI=1S/C21H21N5O3S/c1-28-16-9-8-15-12-22-26(20(27)18(15)19(16)29-2)11-10-17-23-24-21(30)25(17)13-14-6-4-3-5-7-14/h3-9,12H,10-11,13H2,1-2H3,(H,24,30). The number of aromatic amines is 1. The molecule has 2 heterocycles. The van der Waals surface area contributed by atoms with Gasteiger partial charge in [0.1, 0.15) is 5.82 Å². The molecule has 9 heteroatoms. The van der Waals surface area contributed by atoms with Crippen molar-refractivity contribution in [2.45, 2.75) is 19.5 Å². The SMILES string of the molecule is COc1ccc2cnn(CCc3n[nH]c(=S)n3Cc3ccccc3)c(=O)c2c1OC. The van der Waals surface area contributed by atoms with Crippen LogP contribution in [-0.4, -0.2) is 38.8 Å². The number of methoxy groups -OCH3 is 2. The summed E-state index contributed by atoms with van der Waals surface area (Å²) in [5, 5.41) is 12.6. The molecule has 0 aliphatic heterocycles. The number of fused-ring (bicyclic) bond motifs is 1. The van der Waals surface area contributed by atoms with E-state index in [1.54, 1.807) is 25.4 Å². The first kappa shape index (κ1) is 19.8. The maximum atomic E-state index is 13.1. The molecule has 0 spiro atoms. The molecule has 4 aromatic rings. The van der Waals surface area contributed by atoms with E-state index in [0.717, 1.165) is 11.4 Å². The lowest BCUT2D eigenvalue weighted by Crippen LogP contribution is -2.25. The predicted octanol–water partition coefficient (Wildman–Crippen LogP) is 2.96. The van der Waals surface area contributed by atoms with Crippen molar-refractivity contribution in [1.29, 1.82) is 0 Å². The molecule has 0 atom stereocenters. The first-order valence-electron chi connectivity index (χ1n) is 9.41. The van der Waals surface area contributed by atoms with Crippen LogP contribution >= 0.6 is 12.2 Å². The zero-order valence-electron chi connectivity index (χ0n) is 16.7. The quantitative estimate of drug-likeness (QED) is 0.460. The second-order valence-corrected chi connectivity index (χ2v) is 7.09. The number of aryl methyl sites for hydroxylation is 2. The molecule has 154 valence electrons. The molecule has 1 N–H and O–H groups in total. The van der Waals surface area contributed by atoms with Gasteiger partial charge in [-0.05, 0) is 29.9 Å². The van der Waals surface area contributed by atoms with Crippen LogP contribution in [0.5, 0.6) is 11.5 Å². The number of rotatable bonds is 7. The molecule has 0 saturated carbocycles. The Kier molecular flexibility index (Phi) is 5.62. The van der Waals surface area contributed by atoms with Gasteiger partial charge in [0.15, 0.2) is 16.3 Å². The molecule has 0 aliphatic carbocycles. The molecule has 0 saturated heterocycles. The average molecular weight is 423 g/mol. The van der Waals surface area contributed by atoms with Crippen LogP contribution < -0.4 is 15.0 Å². The summed E-state index contributed by atoms with van der Waals surface area (Å²) in [4.78, 5) is 13.1. The second kappa shape index (κ2) is 8.50. The van der Waals surface area contributed by atoms with Crippen LogP contribution in [-0.2, 0) is 19.5 Å². The number of H-pyrrole nitrogens is 1. The third-order valence-electron chi connectivity index (χ3n) is 4.93. The van der Waals surface area contributed by atoms with E-state index >= 15 is 0 Å². The fourth-order valence-electron chi connectivity index (χ4n) is 3.42. The minimum Gasteiger partial charge on any atom is -0.493 e. The number of nitrogens with one attached hydrogen (secondary N) is 1. The third kappa shape index (κ3) is 3.71. The van der Waals surface area contributed by atoms with Gasteiger partial charge in [0.2, 0.25) is 0 Å². The highest BCUT2D eigenvalue weighted by Gasteiger charge is 2.15. The minimum atomic E-state index is -0.244. The number of benzene rings is 2. The van der Waals surface area contributed by atoms with E-state index in [-0.39, 0.29) is 5.56 Å². The van der Waals surface area contributed by atoms with E-state index in [4.69, 9.17) is 21.7 Å². The maximum absolute atomic E-state index is 13.1. The molecule has 0 unspecified atom stereocenters. The van der Waals surface area contributed by atoms with E-state index in [9.17, 15) is 4.79 Å². The van der Waals surface area contributed by atoms with Gasteiger partial charge in [0.05, 0.1) is 38.9 Å². The molecular weight excluding hydrogens is 402 g/mol. The molecular formula is C21H21N5O3S. The number of aromatic nitrogens is 5. The van der Waals surface area contributed by atoms with E-state index in [1.165, 1.54) is 11.8 Å². The van der Waals surface area contributed by atoms with Crippen molar-refractivity contribution in [3.05, 3.63) is 75.2 Å². The molecule has 0 bridgehead atoms. The molecule has 2 aromatic carbocycles. The zero-order chi connectivity index (χ0) is 21.1. The first-order valence-corrected chi connectivity index (χ1v) is 9.82. The van der Waals surface area contributed by atoms with Crippen molar-refractivity contribution in [3.8, 4) is 11.5 Å². The molecule has 0 amide bonds. The smallest absolute Gasteiger partial charge is 0.278 e. The van der Waals surface area contributed by atoms with Crippen LogP contribution in [0, 0.1) is 4.77 Å². The lowest BCUT2D eigenvalue weighted by Gasteiger charge is -2.12. The highest BCUT2D eigenvalue weighted by atomic mass is 32.1. The summed E-state index contributed by atoms with van der Waals surface area (Å²) < 4.78 is 14.6. The maximum Gasteiger partial charge on any atom is 0.278 e. The van der Waals surface area contributed by atoms with Crippen LogP contribution in [0.2, 0.25) is 0 Å². The summed E-state index contributed by atoms with van der Waals surface area (Å²) in [5.41, 5.74) is 0.876. The van der Waals surface area contributed by atoms with Crippen molar-refractivity contribution in [2.24, 2.45) is 0 Å². The number of nitrogens with zero attached hydrogens (tertiary/aromatic N) is 4.